The van der Waals surface area contributed by atoms with Crippen LogP contribution >= 0.6 is 0 Å². The molecule has 6 nitrogen and oxygen atoms in total. The van der Waals surface area contributed by atoms with Crippen molar-refractivity contribution >= 4 is 16.9 Å². The van der Waals surface area contributed by atoms with Crippen LogP contribution in [0.4, 0.5) is 5.82 Å². The molecule has 0 fully saturated rings. The van der Waals surface area contributed by atoms with Crippen LogP contribution in [0, 0.1) is 0 Å². The number of nitrogen functional groups attached to an aromatic ring is 1. The molecule has 3 N–H and O–H groups in total. The first-order chi connectivity index (χ1) is 13.3. The van der Waals surface area contributed by atoms with Gasteiger partial charge in [-0.15, -0.1) is 0 Å². The predicted molar refractivity (Wildman–Crippen MR) is 105 cm³/mol. The summed E-state index contributed by atoms with van der Waals surface area (Å²) in [5.41, 5.74) is 11.5. The summed E-state index contributed by atoms with van der Waals surface area (Å²) in [4.78, 5) is 8.71. The molecule has 1 aliphatic heterocycles. The lowest BCUT2D eigenvalue weighted by Crippen LogP contribution is -2.24. The first kappa shape index (κ1) is 15.8. The topological polar surface area (TPSA) is 78.0 Å². The van der Waals surface area contributed by atoms with E-state index in [-0.39, 0.29) is 0 Å². The van der Waals surface area contributed by atoms with Crippen molar-refractivity contribution in [3.8, 4) is 17.2 Å². The minimum absolute atomic E-state index is 0.499. The van der Waals surface area contributed by atoms with Crippen molar-refractivity contribution in [3.05, 3.63) is 72.2 Å². The molecule has 0 saturated carbocycles. The summed E-state index contributed by atoms with van der Waals surface area (Å²) < 4.78 is 8.09. The molecule has 0 radical (unpaired) electrons. The van der Waals surface area contributed by atoms with E-state index < -0.39 is 0 Å². The molecule has 3 heterocycles. The third-order valence-corrected chi connectivity index (χ3v) is 4.89. The van der Waals surface area contributed by atoms with Crippen LogP contribution in [0.2, 0.25) is 0 Å². The molecule has 2 aromatic heterocycles. The third kappa shape index (κ3) is 2.71. The molecule has 0 bridgehead atoms. The predicted octanol–water partition coefficient (Wildman–Crippen LogP) is 3.44. The zero-order chi connectivity index (χ0) is 18.2. The van der Waals surface area contributed by atoms with Gasteiger partial charge in [0, 0.05) is 36.5 Å². The molecule has 5 rings (SSSR count). The normalized spacial score (nSPS) is 13.5. The minimum Gasteiger partial charge on any atom is -0.457 e. The zero-order valence-electron chi connectivity index (χ0n) is 14.7. The smallest absolute Gasteiger partial charge is 0.151 e. The maximum atomic E-state index is 6.22. The molecule has 2 aromatic carbocycles. The summed E-state index contributed by atoms with van der Waals surface area (Å²) in [6.45, 7) is 1.73. The van der Waals surface area contributed by atoms with E-state index in [9.17, 15) is 0 Å². The lowest BCUT2D eigenvalue weighted by molar-refractivity contribution is 0.482. The van der Waals surface area contributed by atoms with E-state index in [0.29, 0.717) is 5.82 Å². The van der Waals surface area contributed by atoms with Crippen molar-refractivity contribution in [2.75, 3.05) is 12.3 Å². The van der Waals surface area contributed by atoms with Gasteiger partial charge in [-0.1, -0.05) is 18.2 Å². The number of nitrogens with one attached hydrogen (secondary N) is 1. The molecular formula is C21H19N5O. The Labute approximate surface area is 156 Å². The van der Waals surface area contributed by atoms with E-state index in [0.717, 1.165) is 47.7 Å². The lowest BCUT2D eigenvalue weighted by Gasteiger charge is -2.17. The summed E-state index contributed by atoms with van der Waals surface area (Å²) in [7, 11) is 0. The molecule has 0 atom stereocenters. The molecule has 0 aliphatic carbocycles. The highest BCUT2D eigenvalue weighted by Crippen LogP contribution is 2.33. The van der Waals surface area contributed by atoms with Gasteiger partial charge >= 0.3 is 0 Å². The van der Waals surface area contributed by atoms with Crippen LogP contribution in [-0.2, 0) is 13.0 Å². The number of benzene rings is 2. The third-order valence-electron chi connectivity index (χ3n) is 4.89. The van der Waals surface area contributed by atoms with E-state index in [1.54, 1.807) is 0 Å². The van der Waals surface area contributed by atoms with Crippen LogP contribution in [0.5, 0.6) is 11.5 Å². The van der Waals surface area contributed by atoms with E-state index in [4.69, 9.17) is 10.5 Å². The molecule has 4 aromatic rings. The second-order valence-electron chi connectivity index (χ2n) is 6.55. The number of nitrogens with two attached hydrogens (primary N) is 1. The number of hydrogen-bond acceptors (Lipinski definition) is 5. The molecule has 134 valence electrons. The molecule has 1 aliphatic rings. The number of para-hydroxylation sites is 1. The van der Waals surface area contributed by atoms with Gasteiger partial charge in [-0.25, -0.2) is 9.97 Å². The first-order valence-corrected chi connectivity index (χ1v) is 8.98. The maximum Gasteiger partial charge on any atom is 0.151 e. The Kier molecular flexibility index (Phi) is 3.76. The van der Waals surface area contributed by atoms with Gasteiger partial charge in [0.05, 0.1) is 5.52 Å². The van der Waals surface area contributed by atoms with Crippen LogP contribution < -0.4 is 15.8 Å². The van der Waals surface area contributed by atoms with Crippen molar-refractivity contribution in [1.29, 1.82) is 0 Å². The van der Waals surface area contributed by atoms with Crippen molar-refractivity contribution < 1.29 is 4.74 Å². The molecule has 0 unspecified atom stereocenters. The van der Waals surface area contributed by atoms with Crippen molar-refractivity contribution in [2.24, 2.45) is 0 Å². The summed E-state index contributed by atoms with van der Waals surface area (Å²) in [5, 5.41) is 3.42. The van der Waals surface area contributed by atoms with Crippen molar-refractivity contribution in [2.45, 2.75) is 13.0 Å². The number of fused-ring (bicyclic) bond motifs is 3. The van der Waals surface area contributed by atoms with Crippen LogP contribution in [-0.4, -0.2) is 21.1 Å². The number of aromatic nitrogens is 3. The Bertz CT molecular complexity index is 1100. The molecule has 27 heavy (non-hydrogen) atoms. The number of nitrogens with zero attached hydrogens (tertiary/aromatic N) is 3. The SMILES string of the molecule is Nc1ncnc2c3c(n(-c4ccc(Oc5ccccc5)cc4)c12)CCNC3. The summed E-state index contributed by atoms with van der Waals surface area (Å²) >= 11 is 0. The fourth-order valence-corrected chi connectivity index (χ4v) is 3.68. The largest absolute Gasteiger partial charge is 0.457 e. The highest BCUT2D eigenvalue weighted by atomic mass is 16.5. The Morgan fingerprint density at radius 1 is 0.963 bits per heavy atom. The van der Waals surface area contributed by atoms with Gasteiger partial charge in [-0.3, -0.25) is 0 Å². The lowest BCUT2D eigenvalue weighted by atomic mass is 10.1. The second-order valence-corrected chi connectivity index (χ2v) is 6.55. The van der Waals surface area contributed by atoms with Crippen LogP contribution in [0.1, 0.15) is 11.3 Å². The van der Waals surface area contributed by atoms with Gasteiger partial charge in [-0.2, -0.15) is 0 Å². The number of hydrogen-bond donors (Lipinski definition) is 2. The van der Waals surface area contributed by atoms with Gasteiger partial charge in [0.15, 0.2) is 5.82 Å². The summed E-state index contributed by atoms with van der Waals surface area (Å²) in [5.74, 6) is 2.11. The van der Waals surface area contributed by atoms with E-state index in [2.05, 4.69) is 19.9 Å². The molecule has 6 heteroatoms. The average Bonchev–Trinajstić information content (AvgIpc) is 3.05. The fraction of sp³-hybridized carbons (Fsp3) is 0.143. The Morgan fingerprint density at radius 2 is 1.74 bits per heavy atom. The molecule has 0 amide bonds. The zero-order valence-corrected chi connectivity index (χ0v) is 14.7. The first-order valence-electron chi connectivity index (χ1n) is 8.98. The molecular weight excluding hydrogens is 338 g/mol. The van der Waals surface area contributed by atoms with Gasteiger partial charge in [0.1, 0.15) is 23.3 Å². The quantitative estimate of drug-likeness (QED) is 0.587. The highest BCUT2D eigenvalue weighted by Gasteiger charge is 2.23. The van der Waals surface area contributed by atoms with Crippen molar-refractivity contribution in [3.63, 3.8) is 0 Å². The number of rotatable bonds is 3. The Hall–Kier alpha value is -3.38. The van der Waals surface area contributed by atoms with Crippen molar-refractivity contribution in [1.82, 2.24) is 19.9 Å². The van der Waals surface area contributed by atoms with Gasteiger partial charge in [0.2, 0.25) is 0 Å². The molecule has 0 saturated heterocycles. The Morgan fingerprint density at radius 3 is 2.56 bits per heavy atom. The summed E-state index contributed by atoms with van der Waals surface area (Å²) in [6, 6.07) is 17.8. The standard InChI is InChI=1S/C21H19N5O/c22-21-20-19(24-13-25-21)17-12-23-11-10-18(17)26(20)14-6-8-16(9-7-14)27-15-4-2-1-3-5-15/h1-9,13,23H,10-12H2,(H2,22,24,25). The van der Waals surface area contributed by atoms with Gasteiger partial charge in [0.25, 0.3) is 0 Å². The van der Waals surface area contributed by atoms with Crippen LogP contribution in [0.15, 0.2) is 60.9 Å². The number of ether oxygens (including phenoxy) is 1. The molecule has 0 spiro atoms. The van der Waals surface area contributed by atoms with E-state index in [1.807, 2.05) is 54.6 Å². The van der Waals surface area contributed by atoms with E-state index in [1.165, 1.54) is 17.6 Å². The maximum absolute atomic E-state index is 6.22. The minimum atomic E-state index is 0.499. The van der Waals surface area contributed by atoms with Crippen LogP contribution in [0.25, 0.3) is 16.7 Å². The monoisotopic (exact) mass is 357 g/mol. The van der Waals surface area contributed by atoms with E-state index >= 15 is 0 Å². The fourth-order valence-electron chi connectivity index (χ4n) is 3.68. The second kappa shape index (κ2) is 6.41. The summed E-state index contributed by atoms with van der Waals surface area (Å²) in [6.07, 6.45) is 2.46. The average molecular weight is 357 g/mol. The van der Waals surface area contributed by atoms with Gasteiger partial charge in [-0.05, 0) is 36.4 Å². The number of anilines is 1. The highest BCUT2D eigenvalue weighted by molar-refractivity contribution is 5.91. The van der Waals surface area contributed by atoms with Gasteiger partial charge < -0.3 is 20.4 Å². The Balaban J connectivity index is 1.59. The van der Waals surface area contributed by atoms with Crippen LogP contribution in [0.3, 0.4) is 0 Å².